The molecule has 0 spiro atoms. The third-order valence-electron chi connectivity index (χ3n) is 3.19. The van der Waals surface area contributed by atoms with Crippen molar-refractivity contribution in [3.8, 4) is 5.75 Å². The van der Waals surface area contributed by atoms with Gasteiger partial charge in [-0.3, -0.25) is 4.79 Å². The summed E-state index contributed by atoms with van der Waals surface area (Å²) in [7, 11) is 1.52. The molecule has 0 radical (unpaired) electrons. The fourth-order valence-electron chi connectivity index (χ4n) is 2.07. The summed E-state index contributed by atoms with van der Waals surface area (Å²) in [5.41, 5.74) is 9.65. The van der Waals surface area contributed by atoms with Gasteiger partial charge in [0, 0.05) is 15.7 Å². The smallest absolute Gasteiger partial charge is 0.255 e. The second-order valence-electron chi connectivity index (χ2n) is 4.83. The number of nitrogens with one attached hydrogen (secondary N) is 1. The zero-order valence-corrected chi connectivity index (χ0v) is 13.7. The van der Waals surface area contributed by atoms with E-state index in [2.05, 4.69) is 21.2 Å². The number of hydrogen-bond donors (Lipinski definition) is 2. The minimum Gasteiger partial charge on any atom is -0.495 e. The minimum atomic E-state index is -0.200. The molecule has 21 heavy (non-hydrogen) atoms. The maximum Gasteiger partial charge on any atom is 0.255 e. The van der Waals surface area contributed by atoms with Crippen molar-refractivity contribution in [1.82, 2.24) is 0 Å². The molecule has 110 valence electrons. The molecule has 0 saturated carbocycles. The van der Waals surface area contributed by atoms with E-state index in [4.69, 9.17) is 10.5 Å². The monoisotopic (exact) mass is 348 g/mol. The number of methoxy groups -OCH3 is 1. The van der Waals surface area contributed by atoms with Crippen molar-refractivity contribution in [2.45, 2.75) is 13.8 Å². The topological polar surface area (TPSA) is 64.3 Å². The summed E-state index contributed by atoms with van der Waals surface area (Å²) < 4.78 is 6.18. The predicted molar refractivity (Wildman–Crippen MR) is 89.0 cm³/mol. The second kappa shape index (κ2) is 6.18. The van der Waals surface area contributed by atoms with Crippen LogP contribution in [0.5, 0.6) is 5.75 Å². The highest BCUT2D eigenvalue weighted by Gasteiger charge is 2.10. The first kappa shape index (κ1) is 15.4. The lowest BCUT2D eigenvalue weighted by molar-refractivity contribution is 0.102. The van der Waals surface area contributed by atoms with E-state index in [1.807, 2.05) is 26.0 Å². The minimum absolute atomic E-state index is 0.200. The van der Waals surface area contributed by atoms with Gasteiger partial charge in [-0.05, 0) is 55.3 Å². The van der Waals surface area contributed by atoms with Crippen molar-refractivity contribution in [2.24, 2.45) is 0 Å². The van der Waals surface area contributed by atoms with Gasteiger partial charge in [0.05, 0.1) is 12.8 Å². The van der Waals surface area contributed by atoms with Crippen LogP contribution < -0.4 is 15.8 Å². The Labute approximate surface area is 132 Å². The van der Waals surface area contributed by atoms with E-state index in [0.717, 1.165) is 21.3 Å². The molecule has 3 N–H and O–H groups in total. The first-order chi connectivity index (χ1) is 9.92. The van der Waals surface area contributed by atoms with Crippen molar-refractivity contribution in [1.29, 1.82) is 0 Å². The Morgan fingerprint density at radius 1 is 1.19 bits per heavy atom. The Kier molecular flexibility index (Phi) is 4.53. The number of carbonyl (C=O) groups is 1. The summed E-state index contributed by atoms with van der Waals surface area (Å²) >= 11 is 3.51. The molecule has 2 aromatic rings. The number of amides is 1. The maximum atomic E-state index is 12.3. The van der Waals surface area contributed by atoms with Crippen molar-refractivity contribution in [3.05, 3.63) is 51.5 Å². The Bertz CT molecular complexity index is 676. The lowest BCUT2D eigenvalue weighted by atomic mass is 10.1. The average molecular weight is 349 g/mol. The van der Waals surface area contributed by atoms with E-state index in [-0.39, 0.29) is 5.91 Å². The molecule has 0 heterocycles. The molecule has 0 aliphatic carbocycles. The number of carbonyl (C=O) groups excluding carboxylic acids is 1. The lowest BCUT2D eigenvalue weighted by Gasteiger charge is -2.11. The second-order valence-corrected chi connectivity index (χ2v) is 5.63. The molecule has 0 bridgehead atoms. The maximum absolute atomic E-state index is 12.3. The molecule has 0 fully saturated rings. The number of halogens is 1. The van der Waals surface area contributed by atoms with Gasteiger partial charge >= 0.3 is 0 Å². The zero-order chi connectivity index (χ0) is 15.6. The van der Waals surface area contributed by atoms with E-state index in [1.165, 1.54) is 7.11 Å². The van der Waals surface area contributed by atoms with Gasteiger partial charge in [-0.2, -0.15) is 0 Å². The van der Waals surface area contributed by atoms with E-state index < -0.39 is 0 Å². The van der Waals surface area contributed by atoms with Gasteiger partial charge in [-0.15, -0.1) is 0 Å². The van der Waals surface area contributed by atoms with Gasteiger partial charge in [-0.1, -0.05) is 15.9 Å². The molecule has 0 atom stereocenters. The highest BCUT2D eigenvalue weighted by Crippen LogP contribution is 2.26. The van der Waals surface area contributed by atoms with Crippen LogP contribution in [0, 0.1) is 13.8 Å². The Balaban J connectivity index is 2.26. The molecule has 0 unspecified atom stereocenters. The van der Waals surface area contributed by atoms with E-state index >= 15 is 0 Å². The Morgan fingerprint density at radius 3 is 2.38 bits per heavy atom. The summed E-state index contributed by atoms with van der Waals surface area (Å²) in [4.78, 5) is 12.3. The number of rotatable bonds is 3. The SMILES string of the molecule is COc1cc(C(=O)Nc2cc(C)c(Br)c(C)c2)ccc1N. The first-order valence-electron chi connectivity index (χ1n) is 6.44. The van der Waals surface area contributed by atoms with Crippen LogP contribution in [0.25, 0.3) is 0 Å². The Hall–Kier alpha value is -2.01. The van der Waals surface area contributed by atoms with E-state index in [1.54, 1.807) is 18.2 Å². The summed E-state index contributed by atoms with van der Waals surface area (Å²) in [5.74, 6) is 0.292. The fourth-order valence-corrected chi connectivity index (χ4v) is 2.30. The molecule has 0 saturated heterocycles. The summed E-state index contributed by atoms with van der Waals surface area (Å²) in [5, 5.41) is 2.88. The molecule has 5 heteroatoms. The van der Waals surface area contributed by atoms with Crippen LogP contribution in [0.3, 0.4) is 0 Å². The summed E-state index contributed by atoms with van der Waals surface area (Å²) in [6.45, 7) is 3.97. The van der Waals surface area contributed by atoms with E-state index in [9.17, 15) is 4.79 Å². The van der Waals surface area contributed by atoms with Crippen LogP contribution in [0.15, 0.2) is 34.8 Å². The largest absolute Gasteiger partial charge is 0.495 e. The van der Waals surface area contributed by atoms with Crippen LogP contribution >= 0.6 is 15.9 Å². The lowest BCUT2D eigenvalue weighted by Crippen LogP contribution is -2.12. The normalized spacial score (nSPS) is 10.3. The van der Waals surface area contributed by atoms with Crippen LogP contribution in [0.2, 0.25) is 0 Å². The third kappa shape index (κ3) is 3.36. The van der Waals surface area contributed by atoms with Gasteiger partial charge in [0.1, 0.15) is 5.75 Å². The molecule has 2 aromatic carbocycles. The molecule has 0 aliphatic rings. The number of aryl methyl sites for hydroxylation is 2. The Morgan fingerprint density at radius 2 is 1.81 bits per heavy atom. The molecular formula is C16H17BrN2O2. The molecule has 2 rings (SSSR count). The van der Waals surface area contributed by atoms with Crippen molar-refractivity contribution in [3.63, 3.8) is 0 Å². The molecule has 0 aliphatic heterocycles. The zero-order valence-electron chi connectivity index (χ0n) is 12.2. The molecule has 0 aromatic heterocycles. The van der Waals surface area contributed by atoms with Crippen LogP contribution in [-0.2, 0) is 0 Å². The van der Waals surface area contributed by atoms with Gasteiger partial charge < -0.3 is 15.8 Å². The van der Waals surface area contributed by atoms with Crippen LogP contribution in [0.4, 0.5) is 11.4 Å². The van der Waals surface area contributed by atoms with Gasteiger partial charge in [0.2, 0.25) is 0 Å². The number of nitrogen functional groups attached to an aromatic ring is 1. The number of hydrogen-bond acceptors (Lipinski definition) is 3. The van der Waals surface area contributed by atoms with Crippen LogP contribution in [-0.4, -0.2) is 13.0 Å². The highest BCUT2D eigenvalue weighted by molar-refractivity contribution is 9.10. The van der Waals surface area contributed by atoms with Crippen molar-refractivity contribution in [2.75, 3.05) is 18.2 Å². The summed E-state index contributed by atoms with van der Waals surface area (Å²) in [6, 6.07) is 8.80. The molecule has 1 amide bonds. The third-order valence-corrected chi connectivity index (χ3v) is 4.44. The van der Waals surface area contributed by atoms with Crippen molar-refractivity contribution < 1.29 is 9.53 Å². The number of ether oxygens (including phenoxy) is 1. The predicted octanol–water partition coefficient (Wildman–Crippen LogP) is 3.91. The average Bonchev–Trinajstić information content (AvgIpc) is 2.45. The fraction of sp³-hybridized carbons (Fsp3) is 0.188. The quantitative estimate of drug-likeness (QED) is 0.826. The van der Waals surface area contributed by atoms with Gasteiger partial charge in [-0.25, -0.2) is 0 Å². The van der Waals surface area contributed by atoms with Crippen LogP contribution in [0.1, 0.15) is 21.5 Å². The van der Waals surface area contributed by atoms with Crippen molar-refractivity contribution >= 4 is 33.2 Å². The number of anilines is 2. The standard InChI is InChI=1S/C16H17BrN2O2/c1-9-6-12(7-10(2)15(9)17)19-16(20)11-4-5-13(18)14(8-11)21-3/h4-8H,18H2,1-3H3,(H,19,20). The summed E-state index contributed by atoms with van der Waals surface area (Å²) in [6.07, 6.45) is 0. The van der Waals surface area contributed by atoms with E-state index in [0.29, 0.717) is 17.0 Å². The highest BCUT2D eigenvalue weighted by atomic mass is 79.9. The molecule has 4 nitrogen and oxygen atoms in total. The van der Waals surface area contributed by atoms with Gasteiger partial charge in [0.25, 0.3) is 5.91 Å². The number of nitrogens with two attached hydrogens (primary N) is 1. The molecular weight excluding hydrogens is 332 g/mol. The van der Waals surface area contributed by atoms with Gasteiger partial charge in [0.15, 0.2) is 0 Å². The number of benzene rings is 2. The first-order valence-corrected chi connectivity index (χ1v) is 7.23.